The van der Waals surface area contributed by atoms with Crippen molar-refractivity contribution in [1.82, 2.24) is 0 Å². The summed E-state index contributed by atoms with van der Waals surface area (Å²) in [6, 6.07) is 17.9. The van der Waals surface area contributed by atoms with Gasteiger partial charge in [0.15, 0.2) is 0 Å². The summed E-state index contributed by atoms with van der Waals surface area (Å²) in [6.45, 7) is 2.00. The van der Waals surface area contributed by atoms with Crippen LogP contribution in [0.25, 0.3) is 11.1 Å². The Bertz CT molecular complexity index is 535. The highest BCUT2D eigenvalue weighted by Gasteiger charge is 2.05. The molecule has 0 heterocycles. The molecule has 0 aliphatic carbocycles. The third-order valence-electron chi connectivity index (χ3n) is 2.62. The standard InChI is InChI=1S/C16H16O3/c1-13(17)18-11-12-19-16-10-6-5-9-15(16)14-7-3-2-4-8-14/h2-10H,11-12H2,1H3. The highest BCUT2D eigenvalue weighted by Crippen LogP contribution is 2.29. The molecule has 0 unspecified atom stereocenters. The third-order valence-corrected chi connectivity index (χ3v) is 2.62. The van der Waals surface area contributed by atoms with Crippen LogP contribution in [0.4, 0.5) is 0 Å². The maximum atomic E-state index is 10.7. The van der Waals surface area contributed by atoms with Gasteiger partial charge in [0.25, 0.3) is 0 Å². The minimum Gasteiger partial charge on any atom is -0.489 e. The van der Waals surface area contributed by atoms with E-state index in [1.165, 1.54) is 6.92 Å². The first kappa shape index (κ1) is 13.1. The zero-order valence-electron chi connectivity index (χ0n) is 10.8. The van der Waals surface area contributed by atoms with Crippen molar-refractivity contribution in [1.29, 1.82) is 0 Å². The van der Waals surface area contributed by atoms with E-state index in [0.717, 1.165) is 16.9 Å². The lowest BCUT2D eigenvalue weighted by Gasteiger charge is -2.11. The van der Waals surface area contributed by atoms with E-state index in [-0.39, 0.29) is 12.6 Å². The highest BCUT2D eigenvalue weighted by atomic mass is 16.6. The molecule has 0 fully saturated rings. The first-order chi connectivity index (χ1) is 9.27. The highest BCUT2D eigenvalue weighted by molar-refractivity contribution is 5.70. The van der Waals surface area contributed by atoms with Crippen molar-refractivity contribution >= 4 is 5.97 Å². The maximum Gasteiger partial charge on any atom is 0.302 e. The fraction of sp³-hybridized carbons (Fsp3) is 0.188. The van der Waals surface area contributed by atoms with Crippen molar-refractivity contribution < 1.29 is 14.3 Å². The number of ether oxygens (including phenoxy) is 2. The van der Waals surface area contributed by atoms with Gasteiger partial charge in [-0.25, -0.2) is 0 Å². The van der Waals surface area contributed by atoms with Crippen LogP contribution in [-0.4, -0.2) is 19.2 Å². The molecule has 0 saturated heterocycles. The number of carbonyl (C=O) groups excluding carboxylic acids is 1. The monoisotopic (exact) mass is 256 g/mol. The molecule has 3 heteroatoms. The quantitative estimate of drug-likeness (QED) is 0.608. The number of hydrogen-bond donors (Lipinski definition) is 0. The zero-order chi connectivity index (χ0) is 13.5. The Morgan fingerprint density at radius 3 is 2.37 bits per heavy atom. The summed E-state index contributed by atoms with van der Waals surface area (Å²) in [6.07, 6.45) is 0. The molecule has 0 aliphatic rings. The van der Waals surface area contributed by atoms with Crippen LogP contribution in [-0.2, 0) is 9.53 Å². The van der Waals surface area contributed by atoms with Gasteiger partial charge in [0.2, 0.25) is 0 Å². The maximum absolute atomic E-state index is 10.7. The van der Waals surface area contributed by atoms with Crippen LogP contribution in [0.5, 0.6) is 5.75 Å². The molecule has 2 aromatic carbocycles. The number of esters is 1. The molecule has 3 nitrogen and oxygen atoms in total. The predicted octanol–water partition coefficient (Wildman–Crippen LogP) is 3.30. The Morgan fingerprint density at radius 2 is 1.63 bits per heavy atom. The number of hydrogen-bond acceptors (Lipinski definition) is 3. The Kier molecular flexibility index (Phi) is 4.56. The molecule has 2 rings (SSSR count). The number of para-hydroxylation sites is 1. The van der Waals surface area contributed by atoms with Crippen LogP contribution in [0.2, 0.25) is 0 Å². The fourth-order valence-corrected chi connectivity index (χ4v) is 1.79. The summed E-state index contributed by atoms with van der Waals surface area (Å²) >= 11 is 0. The van der Waals surface area contributed by atoms with Crippen molar-refractivity contribution in [2.45, 2.75) is 6.92 Å². The molecule has 0 atom stereocenters. The van der Waals surface area contributed by atoms with Gasteiger partial charge in [-0.15, -0.1) is 0 Å². The lowest BCUT2D eigenvalue weighted by Crippen LogP contribution is -2.09. The molecule has 0 aliphatic heterocycles. The van der Waals surface area contributed by atoms with E-state index in [2.05, 4.69) is 0 Å². The summed E-state index contributed by atoms with van der Waals surface area (Å²) in [5, 5.41) is 0. The SMILES string of the molecule is CC(=O)OCCOc1ccccc1-c1ccccc1. The second-order valence-corrected chi connectivity index (χ2v) is 4.05. The molecule has 0 spiro atoms. The van der Waals surface area contributed by atoms with E-state index in [0.29, 0.717) is 6.61 Å². The van der Waals surface area contributed by atoms with Crippen molar-refractivity contribution in [3.63, 3.8) is 0 Å². The van der Waals surface area contributed by atoms with E-state index >= 15 is 0 Å². The molecule has 0 amide bonds. The number of benzene rings is 2. The van der Waals surface area contributed by atoms with Crippen LogP contribution >= 0.6 is 0 Å². The summed E-state index contributed by atoms with van der Waals surface area (Å²) in [4.78, 5) is 10.7. The normalized spacial score (nSPS) is 9.95. The van der Waals surface area contributed by atoms with Gasteiger partial charge in [0, 0.05) is 12.5 Å². The van der Waals surface area contributed by atoms with Crippen molar-refractivity contribution in [2.75, 3.05) is 13.2 Å². The lowest BCUT2D eigenvalue weighted by molar-refractivity contribution is -0.141. The summed E-state index contributed by atoms with van der Waals surface area (Å²) in [5.74, 6) is 0.501. The first-order valence-corrected chi connectivity index (χ1v) is 6.18. The fourth-order valence-electron chi connectivity index (χ4n) is 1.79. The second kappa shape index (κ2) is 6.59. The largest absolute Gasteiger partial charge is 0.489 e. The summed E-state index contributed by atoms with van der Waals surface area (Å²) in [7, 11) is 0. The average Bonchev–Trinajstić information content (AvgIpc) is 2.45. The predicted molar refractivity (Wildman–Crippen MR) is 74.0 cm³/mol. The average molecular weight is 256 g/mol. The smallest absolute Gasteiger partial charge is 0.302 e. The van der Waals surface area contributed by atoms with E-state index in [1.54, 1.807) is 0 Å². The molecule has 0 bridgehead atoms. The Morgan fingerprint density at radius 1 is 0.947 bits per heavy atom. The topological polar surface area (TPSA) is 35.5 Å². The Hall–Kier alpha value is -2.29. The van der Waals surface area contributed by atoms with Gasteiger partial charge in [-0.2, -0.15) is 0 Å². The summed E-state index contributed by atoms with van der Waals surface area (Å²) in [5.41, 5.74) is 2.14. The number of carbonyl (C=O) groups is 1. The zero-order valence-corrected chi connectivity index (χ0v) is 10.8. The molecule has 19 heavy (non-hydrogen) atoms. The lowest BCUT2D eigenvalue weighted by atomic mass is 10.1. The molecule has 2 aromatic rings. The Balaban J connectivity index is 2.07. The van der Waals surface area contributed by atoms with Crippen LogP contribution in [0.1, 0.15) is 6.92 Å². The molecular formula is C16H16O3. The van der Waals surface area contributed by atoms with E-state index in [4.69, 9.17) is 9.47 Å². The van der Waals surface area contributed by atoms with Gasteiger partial charge in [-0.3, -0.25) is 4.79 Å². The molecule has 0 aromatic heterocycles. The van der Waals surface area contributed by atoms with Crippen molar-refractivity contribution in [3.8, 4) is 16.9 Å². The van der Waals surface area contributed by atoms with Crippen molar-refractivity contribution in [3.05, 3.63) is 54.6 Å². The van der Waals surface area contributed by atoms with Gasteiger partial charge in [-0.1, -0.05) is 48.5 Å². The van der Waals surface area contributed by atoms with Gasteiger partial charge in [0.1, 0.15) is 19.0 Å². The molecule has 0 saturated carbocycles. The van der Waals surface area contributed by atoms with Gasteiger partial charge >= 0.3 is 5.97 Å². The van der Waals surface area contributed by atoms with Gasteiger partial charge < -0.3 is 9.47 Å². The van der Waals surface area contributed by atoms with E-state index in [1.807, 2.05) is 54.6 Å². The minimum absolute atomic E-state index is 0.262. The van der Waals surface area contributed by atoms with Gasteiger partial charge in [-0.05, 0) is 11.6 Å². The van der Waals surface area contributed by atoms with Gasteiger partial charge in [0.05, 0.1) is 0 Å². The van der Waals surface area contributed by atoms with Crippen LogP contribution in [0.15, 0.2) is 54.6 Å². The third kappa shape index (κ3) is 3.85. The molecule has 98 valence electrons. The van der Waals surface area contributed by atoms with Crippen LogP contribution < -0.4 is 4.74 Å². The molecule has 0 radical (unpaired) electrons. The summed E-state index contributed by atoms with van der Waals surface area (Å²) < 4.78 is 10.5. The van der Waals surface area contributed by atoms with E-state index < -0.39 is 0 Å². The van der Waals surface area contributed by atoms with Crippen LogP contribution in [0, 0.1) is 0 Å². The Labute approximate surface area is 112 Å². The number of rotatable bonds is 5. The van der Waals surface area contributed by atoms with Crippen LogP contribution in [0.3, 0.4) is 0 Å². The molecule has 0 N–H and O–H groups in total. The van der Waals surface area contributed by atoms with Crippen molar-refractivity contribution in [2.24, 2.45) is 0 Å². The minimum atomic E-state index is -0.292. The molecular weight excluding hydrogens is 240 g/mol. The first-order valence-electron chi connectivity index (χ1n) is 6.18. The van der Waals surface area contributed by atoms with E-state index in [9.17, 15) is 4.79 Å². The second-order valence-electron chi connectivity index (χ2n) is 4.05.